The lowest BCUT2D eigenvalue weighted by Crippen LogP contribution is -2.38. The van der Waals surface area contributed by atoms with Crippen molar-refractivity contribution < 1.29 is 9.36 Å². The summed E-state index contributed by atoms with van der Waals surface area (Å²) in [6.07, 6.45) is 9.16. The summed E-state index contributed by atoms with van der Waals surface area (Å²) in [5, 5.41) is 0. The highest BCUT2D eigenvalue weighted by atomic mass is 31.1. The van der Waals surface area contributed by atoms with Crippen molar-refractivity contribution in [3.8, 4) is 0 Å². The van der Waals surface area contributed by atoms with Gasteiger partial charge in [0, 0.05) is 13.1 Å². The van der Waals surface area contributed by atoms with Crippen LogP contribution in [0.4, 0.5) is 0 Å². The highest BCUT2D eigenvalue weighted by molar-refractivity contribution is 7.45. The number of nitrogens with zero attached hydrogens (tertiary/aromatic N) is 1. The highest BCUT2D eigenvalue weighted by Crippen LogP contribution is 2.24. The Bertz CT molecular complexity index is 547. The van der Waals surface area contributed by atoms with Gasteiger partial charge >= 0.3 is 7.80 Å². The van der Waals surface area contributed by atoms with Gasteiger partial charge in [0.2, 0.25) is 6.16 Å². The fourth-order valence-corrected chi connectivity index (χ4v) is 4.69. The second-order valence-electron chi connectivity index (χ2n) is 8.81. The molecule has 1 atom stereocenters. The summed E-state index contributed by atoms with van der Waals surface area (Å²) >= 11 is 0. The van der Waals surface area contributed by atoms with Crippen molar-refractivity contribution in [2.24, 2.45) is 11.8 Å². The van der Waals surface area contributed by atoms with E-state index in [9.17, 15) is 9.36 Å². The highest BCUT2D eigenvalue weighted by Gasteiger charge is 2.25. The van der Waals surface area contributed by atoms with Crippen LogP contribution in [0, 0.1) is 11.8 Å². The van der Waals surface area contributed by atoms with E-state index in [0.717, 1.165) is 32.4 Å². The summed E-state index contributed by atoms with van der Waals surface area (Å²) in [5.74, 6) is 0.967. The smallest absolute Gasteiger partial charge is 0.339 e. The molecule has 1 unspecified atom stereocenters. The lowest BCUT2D eigenvalue weighted by Gasteiger charge is -2.24. The molecule has 1 amide bonds. The van der Waals surface area contributed by atoms with Gasteiger partial charge in [0.05, 0.1) is 0 Å². The molecule has 1 rings (SSSR count). The number of carbonyl (C=O) groups excluding carboxylic acids is 1. The normalized spacial score (nSPS) is 11.9. The van der Waals surface area contributed by atoms with Crippen LogP contribution in [0.25, 0.3) is 0 Å². The lowest BCUT2D eigenvalue weighted by atomic mass is 10.1. The molecular weight excluding hydrogens is 365 g/mol. The molecule has 0 saturated carbocycles. The molecule has 28 heavy (non-hydrogen) atoms. The van der Waals surface area contributed by atoms with Gasteiger partial charge in [-0.05, 0) is 43.1 Å². The second kappa shape index (κ2) is 14.7. The van der Waals surface area contributed by atoms with Crippen molar-refractivity contribution in [1.29, 1.82) is 0 Å². The Morgan fingerprint density at radius 2 is 1.39 bits per heavy atom. The number of hydrogen-bond acceptors (Lipinski definition) is 2. The van der Waals surface area contributed by atoms with Crippen molar-refractivity contribution in [2.75, 3.05) is 25.4 Å². The molecular formula is C24H41NO2P+. The van der Waals surface area contributed by atoms with E-state index in [1.54, 1.807) is 0 Å². The van der Waals surface area contributed by atoms with Gasteiger partial charge in [0.15, 0.2) is 0 Å². The van der Waals surface area contributed by atoms with Crippen LogP contribution in [0.1, 0.15) is 71.8 Å². The van der Waals surface area contributed by atoms with Crippen molar-refractivity contribution in [3.05, 3.63) is 35.9 Å². The third kappa shape index (κ3) is 12.3. The van der Waals surface area contributed by atoms with Gasteiger partial charge in [-0.1, -0.05) is 81.9 Å². The number of rotatable bonds is 15. The molecule has 0 aliphatic carbocycles. The Hall–Kier alpha value is -1.21. The van der Waals surface area contributed by atoms with E-state index in [1.807, 2.05) is 4.90 Å². The van der Waals surface area contributed by atoms with Crippen LogP contribution < -0.4 is 0 Å². The zero-order chi connectivity index (χ0) is 20.8. The topological polar surface area (TPSA) is 37.4 Å². The predicted octanol–water partition coefficient (Wildman–Crippen LogP) is 6.54. The minimum absolute atomic E-state index is 0.0735. The van der Waals surface area contributed by atoms with E-state index in [1.165, 1.54) is 31.2 Å². The van der Waals surface area contributed by atoms with Crippen LogP contribution in [0.2, 0.25) is 0 Å². The molecule has 4 heteroatoms. The van der Waals surface area contributed by atoms with Crippen molar-refractivity contribution in [1.82, 2.24) is 4.90 Å². The van der Waals surface area contributed by atoms with Crippen LogP contribution in [-0.4, -0.2) is 36.2 Å². The largest absolute Gasteiger partial charge is 0.348 e. The van der Waals surface area contributed by atoms with Crippen molar-refractivity contribution in [3.63, 3.8) is 0 Å². The molecule has 0 N–H and O–H groups in total. The number of carbonyl (C=O) groups is 1. The minimum atomic E-state index is -1.40. The van der Waals surface area contributed by atoms with Crippen LogP contribution in [0.15, 0.2) is 30.3 Å². The van der Waals surface area contributed by atoms with E-state index in [-0.39, 0.29) is 12.1 Å². The zero-order valence-electron chi connectivity index (χ0n) is 18.5. The standard InChI is InChI=1S/C24H41NO2P/c1-21(2)18-25(19-22(3)4)24(26)20-28(27)17-13-8-6-5-7-10-14-23-15-11-9-12-16-23/h9,11-12,15-16,21-22H,5-8,10,13-14,17-20H2,1-4H3/q+1. The molecule has 1 aromatic carbocycles. The summed E-state index contributed by atoms with van der Waals surface area (Å²) in [7, 11) is -1.40. The van der Waals surface area contributed by atoms with E-state index < -0.39 is 7.80 Å². The Balaban J connectivity index is 2.10. The van der Waals surface area contributed by atoms with Gasteiger partial charge in [0.25, 0.3) is 5.91 Å². The summed E-state index contributed by atoms with van der Waals surface area (Å²) in [6, 6.07) is 10.7. The second-order valence-corrected chi connectivity index (χ2v) is 10.5. The summed E-state index contributed by atoms with van der Waals surface area (Å²) < 4.78 is 12.3. The van der Waals surface area contributed by atoms with E-state index in [2.05, 4.69) is 58.0 Å². The molecule has 0 aliphatic rings. The SMILES string of the molecule is CC(C)CN(CC(C)C)C(=O)C[P+](=O)CCCCCCCCc1ccccc1. The third-order valence-electron chi connectivity index (χ3n) is 4.80. The molecule has 0 spiro atoms. The van der Waals surface area contributed by atoms with E-state index >= 15 is 0 Å². The minimum Gasteiger partial charge on any atom is -0.339 e. The molecule has 0 saturated heterocycles. The average molecular weight is 407 g/mol. The Labute approximate surface area is 174 Å². The quantitative estimate of drug-likeness (QED) is 0.245. The molecule has 3 nitrogen and oxygen atoms in total. The van der Waals surface area contributed by atoms with Gasteiger partial charge < -0.3 is 4.90 Å². The summed E-state index contributed by atoms with van der Waals surface area (Å²) in [6.45, 7) is 10.0. The van der Waals surface area contributed by atoms with Gasteiger partial charge in [0.1, 0.15) is 6.16 Å². The van der Waals surface area contributed by atoms with E-state index in [0.29, 0.717) is 18.0 Å². The first-order valence-electron chi connectivity index (χ1n) is 11.1. The third-order valence-corrected chi connectivity index (χ3v) is 6.24. The van der Waals surface area contributed by atoms with Crippen LogP contribution in [-0.2, 0) is 15.8 Å². The van der Waals surface area contributed by atoms with Crippen molar-refractivity contribution >= 4 is 13.7 Å². The fraction of sp³-hybridized carbons (Fsp3) is 0.708. The van der Waals surface area contributed by atoms with Gasteiger partial charge in [-0.15, -0.1) is 0 Å². The molecule has 0 radical (unpaired) electrons. The van der Waals surface area contributed by atoms with E-state index in [4.69, 9.17) is 0 Å². The van der Waals surface area contributed by atoms with Gasteiger partial charge in [-0.25, -0.2) is 0 Å². The Morgan fingerprint density at radius 3 is 1.96 bits per heavy atom. The maximum absolute atomic E-state index is 12.5. The molecule has 0 bridgehead atoms. The predicted molar refractivity (Wildman–Crippen MR) is 121 cm³/mol. The number of amides is 1. The fourth-order valence-electron chi connectivity index (χ4n) is 3.46. The zero-order valence-corrected chi connectivity index (χ0v) is 19.4. The maximum Gasteiger partial charge on any atom is 0.348 e. The first kappa shape index (κ1) is 24.8. The Morgan fingerprint density at radius 1 is 0.857 bits per heavy atom. The van der Waals surface area contributed by atoms with Crippen LogP contribution >= 0.6 is 7.80 Å². The number of hydrogen-bond donors (Lipinski definition) is 0. The molecule has 0 aliphatic heterocycles. The monoisotopic (exact) mass is 406 g/mol. The van der Waals surface area contributed by atoms with Gasteiger partial charge in [-0.3, -0.25) is 4.79 Å². The molecule has 1 aromatic rings. The molecule has 0 heterocycles. The van der Waals surface area contributed by atoms with Crippen LogP contribution in [0.3, 0.4) is 0 Å². The first-order chi connectivity index (χ1) is 13.4. The molecule has 0 fully saturated rings. The Kier molecular flexibility index (Phi) is 13.1. The maximum atomic E-state index is 12.5. The summed E-state index contributed by atoms with van der Waals surface area (Å²) in [5.41, 5.74) is 1.42. The number of benzene rings is 1. The number of unbranched alkanes of at least 4 members (excludes halogenated alkanes) is 5. The average Bonchev–Trinajstić information content (AvgIpc) is 2.63. The molecule has 158 valence electrons. The first-order valence-corrected chi connectivity index (χ1v) is 12.7. The number of aryl methyl sites for hydroxylation is 1. The lowest BCUT2D eigenvalue weighted by molar-refractivity contribution is -0.129. The summed E-state index contributed by atoms with van der Waals surface area (Å²) in [4.78, 5) is 14.4. The van der Waals surface area contributed by atoms with Crippen molar-refractivity contribution in [2.45, 2.75) is 72.6 Å². The van der Waals surface area contributed by atoms with Crippen LogP contribution in [0.5, 0.6) is 0 Å². The molecule has 0 aromatic heterocycles. The van der Waals surface area contributed by atoms with Gasteiger partial charge in [-0.2, -0.15) is 0 Å².